The fourth-order valence-corrected chi connectivity index (χ4v) is 8.03. The van der Waals surface area contributed by atoms with E-state index in [1.165, 1.54) is 161 Å². The monoisotopic (exact) mass is 987 g/mol. The van der Waals surface area contributed by atoms with Crippen LogP contribution in [0.4, 0.5) is 0 Å². The van der Waals surface area contributed by atoms with Crippen molar-refractivity contribution in [1.82, 2.24) is 0 Å². The molecule has 0 heterocycles. The van der Waals surface area contributed by atoms with Crippen LogP contribution in [0.3, 0.4) is 0 Å². The molecule has 0 aliphatic heterocycles. The van der Waals surface area contributed by atoms with Crippen molar-refractivity contribution in [3.63, 3.8) is 0 Å². The molecule has 6 nitrogen and oxygen atoms in total. The number of ether oxygens (including phenoxy) is 3. The van der Waals surface area contributed by atoms with Gasteiger partial charge in [0.15, 0.2) is 6.10 Å². The summed E-state index contributed by atoms with van der Waals surface area (Å²) in [5, 5.41) is 0. The van der Waals surface area contributed by atoms with Crippen molar-refractivity contribution in [3.05, 3.63) is 97.2 Å². The maximum Gasteiger partial charge on any atom is 0.306 e. The molecule has 0 radical (unpaired) electrons. The van der Waals surface area contributed by atoms with Crippen molar-refractivity contribution in [1.29, 1.82) is 0 Å². The first kappa shape index (κ1) is 67.3. The highest BCUT2D eigenvalue weighted by Gasteiger charge is 2.19. The van der Waals surface area contributed by atoms with Gasteiger partial charge in [-0.15, -0.1) is 0 Å². The topological polar surface area (TPSA) is 78.9 Å². The Morgan fingerprint density at radius 1 is 0.282 bits per heavy atom. The molecule has 0 saturated carbocycles. The second-order valence-electron chi connectivity index (χ2n) is 19.5. The Labute approximate surface area is 438 Å². The first-order valence-electron chi connectivity index (χ1n) is 29.7. The maximum atomic E-state index is 12.8. The van der Waals surface area contributed by atoms with Crippen molar-refractivity contribution in [2.45, 2.75) is 284 Å². The third-order valence-corrected chi connectivity index (χ3v) is 12.5. The van der Waals surface area contributed by atoms with Crippen molar-refractivity contribution in [3.8, 4) is 0 Å². The van der Waals surface area contributed by atoms with E-state index in [4.69, 9.17) is 14.2 Å². The van der Waals surface area contributed by atoms with Gasteiger partial charge in [-0.1, -0.05) is 240 Å². The standard InChI is InChI=1S/C65H110O6/c1-4-7-10-13-16-19-22-25-28-31-32-35-37-40-43-46-49-52-55-58-64(67)70-61-62(71-65(68)59-56-53-50-47-44-41-38-34-30-27-24-21-18-15-12-9-6-3)60-69-63(66)57-54-51-48-45-42-39-36-33-29-26-23-20-17-14-11-8-5-2/h16,19,25-30,36,38-39,41,45,47-48,50,62H,4-15,17-18,20-24,31-35,37,40,42-44,46,49,51-61H2,1-3H3/b19-16-,28-25-,29-26-,30-27-,39-36-,41-38-,48-45-,50-47-/t62-/m0/s1. The summed E-state index contributed by atoms with van der Waals surface area (Å²) >= 11 is 0. The lowest BCUT2D eigenvalue weighted by Gasteiger charge is -2.18. The van der Waals surface area contributed by atoms with Gasteiger partial charge in [0.1, 0.15) is 13.2 Å². The number of carbonyl (C=O) groups excluding carboxylic acids is 3. The van der Waals surface area contributed by atoms with Gasteiger partial charge in [0.2, 0.25) is 0 Å². The van der Waals surface area contributed by atoms with E-state index in [1.807, 2.05) is 0 Å². The van der Waals surface area contributed by atoms with Crippen LogP contribution in [0, 0.1) is 0 Å². The van der Waals surface area contributed by atoms with Crippen molar-refractivity contribution >= 4 is 17.9 Å². The predicted molar refractivity (Wildman–Crippen MR) is 307 cm³/mol. The van der Waals surface area contributed by atoms with Gasteiger partial charge in [0.25, 0.3) is 0 Å². The minimum atomic E-state index is -0.828. The lowest BCUT2D eigenvalue weighted by molar-refractivity contribution is -0.167. The fourth-order valence-electron chi connectivity index (χ4n) is 8.03. The SMILES string of the molecule is CCCCC/C=C\C/C=C\CCCCCCCCCCCC(=O)OC[C@H](COC(=O)CCC/C=C\C/C=C\C/C=C\CCCCCCCC)OC(=O)CCC/C=C\C/C=C\C/C=C\CCCCCCCC. The Balaban J connectivity index is 4.53. The molecule has 0 aromatic heterocycles. The number of rotatable bonds is 53. The van der Waals surface area contributed by atoms with E-state index in [0.29, 0.717) is 19.3 Å². The molecule has 0 unspecified atom stereocenters. The van der Waals surface area contributed by atoms with Gasteiger partial charge < -0.3 is 14.2 Å². The van der Waals surface area contributed by atoms with Gasteiger partial charge in [-0.3, -0.25) is 14.4 Å². The van der Waals surface area contributed by atoms with Gasteiger partial charge >= 0.3 is 17.9 Å². The molecule has 0 amide bonds. The molecule has 0 saturated heterocycles. The van der Waals surface area contributed by atoms with Crippen LogP contribution in [0.2, 0.25) is 0 Å². The molecular weight excluding hydrogens is 877 g/mol. The third-order valence-electron chi connectivity index (χ3n) is 12.5. The van der Waals surface area contributed by atoms with Crippen LogP contribution in [-0.4, -0.2) is 37.2 Å². The summed E-state index contributed by atoms with van der Waals surface area (Å²) in [6.45, 7) is 6.52. The molecule has 0 aliphatic carbocycles. The second-order valence-corrected chi connectivity index (χ2v) is 19.5. The molecule has 0 N–H and O–H groups in total. The fraction of sp³-hybridized carbons (Fsp3) is 0.708. The Bertz CT molecular complexity index is 1410. The van der Waals surface area contributed by atoms with Crippen LogP contribution in [0.5, 0.6) is 0 Å². The van der Waals surface area contributed by atoms with E-state index in [9.17, 15) is 14.4 Å². The van der Waals surface area contributed by atoms with E-state index in [1.54, 1.807) is 0 Å². The van der Waals surface area contributed by atoms with Crippen LogP contribution < -0.4 is 0 Å². The zero-order valence-electron chi connectivity index (χ0n) is 46.5. The van der Waals surface area contributed by atoms with Gasteiger partial charge in [-0.05, 0) is 116 Å². The summed E-state index contributed by atoms with van der Waals surface area (Å²) < 4.78 is 16.8. The first-order chi connectivity index (χ1) is 35.0. The third kappa shape index (κ3) is 57.1. The molecule has 71 heavy (non-hydrogen) atoms. The highest BCUT2D eigenvalue weighted by Crippen LogP contribution is 2.14. The molecule has 6 heteroatoms. The lowest BCUT2D eigenvalue weighted by atomic mass is 10.1. The molecule has 406 valence electrons. The summed E-state index contributed by atoms with van der Waals surface area (Å²) in [6, 6.07) is 0. The van der Waals surface area contributed by atoms with Crippen LogP contribution in [0.1, 0.15) is 278 Å². The van der Waals surface area contributed by atoms with Gasteiger partial charge in [0, 0.05) is 19.3 Å². The Morgan fingerprint density at radius 3 is 0.873 bits per heavy atom. The highest BCUT2D eigenvalue weighted by atomic mass is 16.6. The summed E-state index contributed by atoms with van der Waals surface area (Å²) in [6.07, 6.45) is 78.4. The molecule has 0 aliphatic rings. The van der Waals surface area contributed by atoms with Crippen LogP contribution >= 0.6 is 0 Å². The van der Waals surface area contributed by atoms with E-state index in [0.717, 1.165) is 64.2 Å². The van der Waals surface area contributed by atoms with E-state index in [-0.39, 0.29) is 44.0 Å². The number of allylic oxidation sites excluding steroid dienone is 16. The first-order valence-corrected chi connectivity index (χ1v) is 29.7. The number of hydrogen-bond acceptors (Lipinski definition) is 6. The second kappa shape index (κ2) is 58.9. The number of unbranched alkanes of at least 4 members (excludes halogenated alkanes) is 26. The smallest absolute Gasteiger partial charge is 0.306 e. The average Bonchev–Trinajstić information content (AvgIpc) is 3.37. The van der Waals surface area contributed by atoms with Crippen LogP contribution in [0.15, 0.2) is 97.2 Å². The van der Waals surface area contributed by atoms with E-state index >= 15 is 0 Å². The molecule has 0 fully saturated rings. The van der Waals surface area contributed by atoms with Crippen molar-refractivity contribution in [2.24, 2.45) is 0 Å². The number of carbonyl (C=O) groups is 3. The van der Waals surface area contributed by atoms with Crippen LogP contribution in [0.25, 0.3) is 0 Å². The van der Waals surface area contributed by atoms with Crippen LogP contribution in [-0.2, 0) is 28.6 Å². The van der Waals surface area contributed by atoms with Gasteiger partial charge in [0.05, 0.1) is 0 Å². The lowest BCUT2D eigenvalue weighted by Crippen LogP contribution is -2.30. The summed E-state index contributed by atoms with van der Waals surface area (Å²) in [5.74, 6) is -1.02. The number of hydrogen-bond donors (Lipinski definition) is 0. The Morgan fingerprint density at radius 2 is 0.521 bits per heavy atom. The zero-order valence-corrected chi connectivity index (χ0v) is 46.5. The molecule has 0 spiro atoms. The summed E-state index contributed by atoms with van der Waals surface area (Å²) in [4.78, 5) is 38.2. The van der Waals surface area contributed by atoms with E-state index < -0.39 is 6.10 Å². The Hall–Kier alpha value is -3.67. The van der Waals surface area contributed by atoms with Gasteiger partial charge in [-0.25, -0.2) is 0 Å². The minimum absolute atomic E-state index is 0.116. The molecule has 1 atom stereocenters. The van der Waals surface area contributed by atoms with Crippen molar-refractivity contribution < 1.29 is 28.6 Å². The van der Waals surface area contributed by atoms with E-state index in [2.05, 4.69) is 118 Å². The predicted octanol–water partition coefficient (Wildman–Crippen LogP) is 20.1. The van der Waals surface area contributed by atoms with Gasteiger partial charge in [-0.2, -0.15) is 0 Å². The average molecular weight is 988 g/mol. The quantitative estimate of drug-likeness (QED) is 0.0261. The zero-order chi connectivity index (χ0) is 51.4. The summed E-state index contributed by atoms with van der Waals surface area (Å²) in [7, 11) is 0. The number of esters is 3. The Kier molecular flexibility index (Phi) is 55.9. The molecular formula is C65H110O6. The minimum Gasteiger partial charge on any atom is -0.462 e. The molecule has 0 rings (SSSR count). The molecule has 0 aromatic rings. The normalized spacial score (nSPS) is 12.8. The largest absolute Gasteiger partial charge is 0.462 e. The molecule has 0 aromatic carbocycles. The highest BCUT2D eigenvalue weighted by molar-refractivity contribution is 5.71. The summed E-state index contributed by atoms with van der Waals surface area (Å²) in [5.41, 5.74) is 0. The van der Waals surface area contributed by atoms with Crippen molar-refractivity contribution in [2.75, 3.05) is 13.2 Å². The molecule has 0 bridgehead atoms. The maximum absolute atomic E-state index is 12.8.